The van der Waals surface area contributed by atoms with E-state index in [4.69, 9.17) is 28.7 Å². The zero-order valence-corrected chi connectivity index (χ0v) is 22.3. The van der Waals surface area contributed by atoms with E-state index in [1.807, 2.05) is 25.1 Å². The van der Waals surface area contributed by atoms with Crippen molar-refractivity contribution < 1.29 is 28.5 Å². The van der Waals surface area contributed by atoms with Gasteiger partial charge in [0.1, 0.15) is 9.71 Å². The minimum atomic E-state index is -0.922. The molecule has 5 aromatic rings. The van der Waals surface area contributed by atoms with Crippen molar-refractivity contribution in [3.05, 3.63) is 54.4 Å². The molecule has 0 unspecified atom stereocenters. The molecule has 0 radical (unpaired) electrons. The Labute approximate surface area is 226 Å². The van der Waals surface area contributed by atoms with Gasteiger partial charge in [-0.1, -0.05) is 0 Å². The van der Waals surface area contributed by atoms with E-state index in [1.165, 1.54) is 29.5 Å². The van der Waals surface area contributed by atoms with E-state index < -0.39 is 12.4 Å². The second-order valence-corrected chi connectivity index (χ2v) is 9.71. The zero-order chi connectivity index (χ0) is 27.1. The zero-order valence-electron chi connectivity index (χ0n) is 21.5. The van der Waals surface area contributed by atoms with Gasteiger partial charge in [-0.05, 0) is 42.8 Å². The van der Waals surface area contributed by atoms with Crippen LogP contribution in [0, 0.1) is 6.92 Å². The van der Waals surface area contributed by atoms with Gasteiger partial charge in [0.2, 0.25) is 11.8 Å². The number of carbonyl (C=O) groups is 1. The Morgan fingerprint density at radius 2 is 1.87 bits per heavy atom. The lowest BCUT2D eigenvalue weighted by Gasteiger charge is -2.27. The van der Waals surface area contributed by atoms with Crippen LogP contribution in [0.3, 0.4) is 0 Å². The maximum absolute atomic E-state index is 12.7. The van der Waals surface area contributed by atoms with Gasteiger partial charge >= 0.3 is 6.09 Å². The predicted molar refractivity (Wildman–Crippen MR) is 145 cm³/mol. The van der Waals surface area contributed by atoms with Crippen molar-refractivity contribution in [2.45, 2.75) is 13.2 Å². The predicted octanol–water partition coefficient (Wildman–Crippen LogP) is 5.00. The van der Waals surface area contributed by atoms with E-state index >= 15 is 0 Å². The number of methoxy groups -OCH3 is 2. The second kappa shape index (κ2) is 9.87. The van der Waals surface area contributed by atoms with Crippen LogP contribution in [0.4, 0.5) is 10.5 Å². The minimum Gasteiger partial charge on any atom is -0.481 e. The van der Waals surface area contributed by atoms with Crippen LogP contribution in [0.25, 0.3) is 31.8 Å². The summed E-state index contributed by atoms with van der Waals surface area (Å²) in [5.74, 6) is 1.92. The Hall–Kier alpha value is -4.71. The lowest BCUT2D eigenvalue weighted by atomic mass is 10.1. The van der Waals surface area contributed by atoms with E-state index in [1.54, 1.807) is 38.6 Å². The van der Waals surface area contributed by atoms with E-state index in [-0.39, 0.29) is 6.61 Å². The molecule has 1 atom stereocenters. The maximum atomic E-state index is 12.7. The van der Waals surface area contributed by atoms with E-state index in [2.05, 4.69) is 15.0 Å². The first-order valence-corrected chi connectivity index (χ1v) is 12.7. The van der Waals surface area contributed by atoms with Crippen molar-refractivity contribution in [3.63, 3.8) is 0 Å². The van der Waals surface area contributed by atoms with Gasteiger partial charge in [0.05, 0.1) is 48.9 Å². The normalized spacial score (nSPS) is 14.3. The van der Waals surface area contributed by atoms with Gasteiger partial charge in [0.15, 0.2) is 18.1 Å². The van der Waals surface area contributed by atoms with E-state index in [0.717, 1.165) is 37.4 Å². The molecule has 3 aromatic heterocycles. The van der Waals surface area contributed by atoms with Crippen LogP contribution in [-0.4, -0.2) is 60.2 Å². The molecular weight excluding hydrogens is 522 g/mol. The molecule has 0 saturated heterocycles. The van der Waals surface area contributed by atoms with Gasteiger partial charge in [-0.25, -0.2) is 24.7 Å². The Kier molecular flexibility index (Phi) is 6.23. The standard InChI is InChI=1S/C27H23N5O6S/c1-14-9-16(23-18(10-14)30-21(35-4)12-29-23)26-31-17-6-7-19-24(25(17)39-26)36-13-22(37-19)38-27(33)32(2)15-5-8-20(34-3)28-11-15/h5-12,22H,13H2,1-4H3/t22-/m1/s1. The van der Waals surface area contributed by atoms with Crippen molar-refractivity contribution in [2.24, 2.45) is 0 Å². The van der Waals surface area contributed by atoms with E-state index in [0.29, 0.717) is 28.9 Å². The topological polar surface area (TPSA) is 118 Å². The fraction of sp³-hybridized carbons (Fsp3) is 0.222. The summed E-state index contributed by atoms with van der Waals surface area (Å²) in [6.07, 6.45) is 1.58. The van der Waals surface area contributed by atoms with Crippen LogP contribution in [0.1, 0.15) is 5.56 Å². The lowest BCUT2D eigenvalue weighted by Crippen LogP contribution is -2.38. The van der Waals surface area contributed by atoms with Gasteiger partial charge in [0.25, 0.3) is 6.29 Å². The minimum absolute atomic E-state index is 0.0262. The molecule has 1 aliphatic rings. The number of aromatic nitrogens is 4. The van der Waals surface area contributed by atoms with Gasteiger partial charge in [-0.15, -0.1) is 11.3 Å². The highest BCUT2D eigenvalue weighted by atomic mass is 32.1. The highest BCUT2D eigenvalue weighted by molar-refractivity contribution is 7.22. The van der Waals surface area contributed by atoms with Crippen molar-refractivity contribution in [1.29, 1.82) is 0 Å². The molecule has 1 aliphatic heterocycles. The fourth-order valence-corrected chi connectivity index (χ4v) is 5.25. The first-order valence-electron chi connectivity index (χ1n) is 11.9. The summed E-state index contributed by atoms with van der Waals surface area (Å²) in [5, 5.41) is 0.776. The molecule has 39 heavy (non-hydrogen) atoms. The summed E-state index contributed by atoms with van der Waals surface area (Å²) < 4.78 is 28.7. The Balaban J connectivity index is 1.25. The van der Waals surface area contributed by atoms with E-state index in [9.17, 15) is 4.79 Å². The molecule has 0 N–H and O–H groups in total. The molecule has 1 amide bonds. The van der Waals surface area contributed by atoms with Gasteiger partial charge < -0.3 is 23.7 Å². The number of rotatable bonds is 5. The Morgan fingerprint density at radius 1 is 1.03 bits per heavy atom. The van der Waals surface area contributed by atoms with Gasteiger partial charge in [-0.3, -0.25) is 4.90 Å². The number of ether oxygens (including phenoxy) is 5. The van der Waals surface area contributed by atoms with Gasteiger partial charge in [0, 0.05) is 18.7 Å². The molecule has 0 fully saturated rings. The molecule has 198 valence electrons. The second-order valence-electron chi connectivity index (χ2n) is 8.71. The molecule has 12 heteroatoms. The number of pyridine rings is 1. The van der Waals surface area contributed by atoms with Crippen molar-refractivity contribution >= 4 is 44.4 Å². The SMILES string of the molecule is COc1ccc(N(C)C(=O)O[C@@H]2COc3c(ccc4nc(-c5cc(C)cc6nc(OC)cnc56)sc34)O2)cn1. The summed E-state index contributed by atoms with van der Waals surface area (Å²) in [4.78, 5) is 32.1. The van der Waals surface area contributed by atoms with Gasteiger partial charge in [-0.2, -0.15) is 0 Å². The van der Waals surface area contributed by atoms with Crippen LogP contribution >= 0.6 is 11.3 Å². The molecule has 11 nitrogen and oxygen atoms in total. The quantitative estimate of drug-likeness (QED) is 0.299. The summed E-state index contributed by atoms with van der Waals surface area (Å²) in [5.41, 5.74) is 4.66. The maximum Gasteiger partial charge on any atom is 0.417 e. The third kappa shape index (κ3) is 4.59. The molecule has 0 aliphatic carbocycles. The molecule has 0 saturated carbocycles. The average Bonchev–Trinajstić information content (AvgIpc) is 3.40. The molecule has 4 heterocycles. The number of benzene rings is 2. The Bertz CT molecular complexity index is 1710. The number of aryl methyl sites for hydroxylation is 1. The molecule has 2 aromatic carbocycles. The number of hydrogen-bond donors (Lipinski definition) is 0. The van der Waals surface area contributed by atoms with Crippen LogP contribution < -0.4 is 23.8 Å². The number of fused-ring (bicyclic) bond motifs is 4. The van der Waals surface area contributed by atoms with Crippen molar-refractivity contribution in [2.75, 3.05) is 32.8 Å². The van der Waals surface area contributed by atoms with Crippen LogP contribution in [-0.2, 0) is 4.74 Å². The first kappa shape index (κ1) is 24.6. The third-order valence-corrected chi connectivity index (χ3v) is 7.23. The summed E-state index contributed by atoms with van der Waals surface area (Å²) >= 11 is 1.47. The summed E-state index contributed by atoms with van der Waals surface area (Å²) in [7, 11) is 4.67. The van der Waals surface area contributed by atoms with Crippen LogP contribution in [0.15, 0.2) is 48.8 Å². The van der Waals surface area contributed by atoms with Crippen LogP contribution in [0.2, 0.25) is 0 Å². The lowest BCUT2D eigenvalue weighted by molar-refractivity contribution is -0.0717. The van der Waals surface area contributed by atoms with Crippen LogP contribution in [0.5, 0.6) is 23.3 Å². The highest BCUT2D eigenvalue weighted by Crippen LogP contribution is 2.44. The number of hydrogen-bond acceptors (Lipinski definition) is 11. The van der Waals surface area contributed by atoms with Crippen molar-refractivity contribution in [3.8, 4) is 33.8 Å². The average molecular weight is 546 g/mol. The smallest absolute Gasteiger partial charge is 0.417 e. The first-order chi connectivity index (χ1) is 18.9. The number of nitrogens with zero attached hydrogens (tertiary/aromatic N) is 5. The third-order valence-electron chi connectivity index (χ3n) is 6.13. The Morgan fingerprint density at radius 3 is 2.64 bits per heavy atom. The number of anilines is 1. The fourth-order valence-electron chi connectivity index (χ4n) is 4.18. The number of carbonyl (C=O) groups excluding carboxylic acids is 1. The number of amides is 1. The number of thiazole rings is 1. The monoisotopic (exact) mass is 545 g/mol. The molecule has 0 bridgehead atoms. The van der Waals surface area contributed by atoms with Crippen molar-refractivity contribution in [1.82, 2.24) is 19.9 Å². The molecule has 6 rings (SSSR count). The molecule has 0 spiro atoms. The highest BCUT2D eigenvalue weighted by Gasteiger charge is 2.29. The summed E-state index contributed by atoms with van der Waals surface area (Å²) in [6.45, 7) is 2.03. The molecular formula is C27H23N5O6S. The largest absolute Gasteiger partial charge is 0.481 e. The summed E-state index contributed by atoms with van der Waals surface area (Å²) in [6, 6.07) is 11.0.